The molecule has 0 radical (unpaired) electrons. The molecule has 0 saturated carbocycles. The molecule has 5 heteroatoms. The van der Waals surface area contributed by atoms with Gasteiger partial charge in [0, 0.05) is 10.9 Å². The van der Waals surface area contributed by atoms with Gasteiger partial charge in [-0.2, -0.15) is 0 Å². The fourth-order valence-corrected chi connectivity index (χ4v) is 1.84. The predicted octanol–water partition coefficient (Wildman–Crippen LogP) is 1.50. The Balaban J connectivity index is 2.84. The minimum atomic E-state index is -1.11. The Morgan fingerprint density at radius 3 is 2.50 bits per heavy atom. The van der Waals surface area contributed by atoms with E-state index in [9.17, 15) is 14.6 Å². The fraction of sp³-hybridized carbons (Fsp3) is 0.455. The maximum absolute atomic E-state index is 13.3. The average Bonchev–Trinajstić information content (AvgIpc) is 2.28. The number of hydrogen-bond acceptors (Lipinski definition) is 3. The molecule has 2 atom stereocenters. The summed E-state index contributed by atoms with van der Waals surface area (Å²) in [5.41, 5.74) is 0.481. The fourth-order valence-electron chi connectivity index (χ4n) is 1.37. The molecule has 0 aliphatic rings. The molecule has 0 saturated heterocycles. The van der Waals surface area contributed by atoms with Crippen molar-refractivity contribution in [2.75, 3.05) is 5.33 Å². The monoisotopic (exact) mass is 292 g/mol. The number of benzene rings is 1. The van der Waals surface area contributed by atoms with Crippen molar-refractivity contribution in [2.24, 2.45) is 0 Å². The third kappa shape index (κ3) is 3.25. The van der Waals surface area contributed by atoms with E-state index in [4.69, 9.17) is 5.11 Å². The van der Waals surface area contributed by atoms with Gasteiger partial charge in [-0.3, -0.25) is 0 Å². The topological polar surface area (TPSA) is 60.7 Å². The van der Waals surface area contributed by atoms with E-state index in [0.717, 1.165) is 6.07 Å². The van der Waals surface area contributed by atoms with E-state index in [1.165, 1.54) is 12.1 Å². The van der Waals surface area contributed by atoms with Crippen LogP contribution in [0.3, 0.4) is 0 Å². The first-order valence-electron chi connectivity index (χ1n) is 4.91. The van der Waals surface area contributed by atoms with Crippen molar-refractivity contribution in [3.8, 4) is 0 Å². The quantitative estimate of drug-likeness (QED) is 0.721. The summed E-state index contributed by atoms with van der Waals surface area (Å²) in [5.74, 6) is -0.579. The van der Waals surface area contributed by atoms with Gasteiger partial charge in [0.2, 0.25) is 0 Å². The maximum Gasteiger partial charge on any atom is 0.129 e. The zero-order valence-electron chi connectivity index (χ0n) is 8.61. The Kier molecular flexibility index (Phi) is 5.34. The van der Waals surface area contributed by atoms with Crippen LogP contribution in [0.2, 0.25) is 0 Å². The van der Waals surface area contributed by atoms with Crippen molar-refractivity contribution in [2.45, 2.75) is 25.2 Å². The molecule has 90 valence electrons. The molecule has 3 N–H and O–H groups in total. The highest BCUT2D eigenvalue weighted by atomic mass is 79.9. The second kappa shape index (κ2) is 6.30. The summed E-state index contributed by atoms with van der Waals surface area (Å²) < 4.78 is 13.3. The van der Waals surface area contributed by atoms with Crippen LogP contribution >= 0.6 is 15.9 Å². The van der Waals surface area contributed by atoms with Gasteiger partial charge < -0.3 is 15.3 Å². The van der Waals surface area contributed by atoms with Gasteiger partial charge in [0.05, 0.1) is 12.7 Å². The second-order valence-corrected chi connectivity index (χ2v) is 4.29. The first-order chi connectivity index (χ1) is 7.60. The number of hydrogen-bond donors (Lipinski definition) is 3. The normalized spacial score (nSPS) is 14.8. The van der Waals surface area contributed by atoms with Crippen LogP contribution in [0, 0.1) is 5.82 Å². The highest BCUT2D eigenvalue weighted by Crippen LogP contribution is 2.21. The summed E-state index contributed by atoms with van der Waals surface area (Å²) in [4.78, 5) is 0. The minimum Gasteiger partial charge on any atom is -0.392 e. The molecule has 1 aromatic rings. The summed E-state index contributed by atoms with van der Waals surface area (Å²) in [5, 5.41) is 28.6. The molecule has 2 unspecified atom stereocenters. The maximum atomic E-state index is 13.3. The van der Waals surface area contributed by atoms with E-state index in [-0.39, 0.29) is 12.2 Å². The number of aliphatic hydroxyl groups excluding tert-OH is 3. The summed E-state index contributed by atoms with van der Waals surface area (Å²) in [6.45, 7) is -0.383. The number of aliphatic hydroxyl groups is 3. The molecule has 0 aliphatic carbocycles. The predicted molar refractivity (Wildman–Crippen MR) is 61.7 cm³/mol. The molecule has 0 aliphatic heterocycles. The first kappa shape index (κ1) is 13.6. The van der Waals surface area contributed by atoms with Crippen LogP contribution in [0.5, 0.6) is 0 Å². The van der Waals surface area contributed by atoms with E-state index < -0.39 is 18.0 Å². The van der Waals surface area contributed by atoms with Crippen LogP contribution in [0.25, 0.3) is 0 Å². The van der Waals surface area contributed by atoms with Crippen molar-refractivity contribution < 1.29 is 19.7 Å². The summed E-state index contributed by atoms with van der Waals surface area (Å²) in [7, 11) is 0. The lowest BCUT2D eigenvalue weighted by Crippen LogP contribution is -2.18. The van der Waals surface area contributed by atoms with Gasteiger partial charge >= 0.3 is 0 Å². The summed E-state index contributed by atoms with van der Waals surface area (Å²) in [6.07, 6.45) is -1.66. The third-order valence-electron chi connectivity index (χ3n) is 2.36. The van der Waals surface area contributed by atoms with Crippen LogP contribution in [0.1, 0.15) is 23.7 Å². The Bertz CT molecular complexity index is 346. The number of rotatable bonds is 5. The average molecular weight is 293 g/mol. The molecule has 1 rings (SSSR count). The molecule has 0 fully saturated rings. The van der Waals surface area contributed by atoms with Gasteiger partial charge in [0.25, 0.3) is 0 Å². The van der Waals surface area contributed by atoms with Crippen LogP contribution in [-0.4, -0.2) is 26.8 Å². The number of halogens is 2. The van der Waals surface area contributed by atoms with Crippen LogP contribution in [0.15, 0.2) is 18.2 Å². The van der Waals surface area contributed by atoms with Gasteiger partial charge in [0.15, 0.2) is 0 Å². The zero-order valence-corrected chi connectivity index (χ0v) is 10.2. The van der Waals surface area contributed by atoms with Gasteiger partial charge in [-0.15, -0.1) is 0 Å². The Morgan fingerprint density at radius 2 is 2.00 bits per heavy atom. The Labute approximate surface area is 102 Å². The molecule has 0 aromatic heterocycles. The number of alkyl halides is 1. The third-order valence-corrected chi connectivity index (χ3v) is 2.82. The van der Waals surface area contributed by atoms with Gasteiger partial charge in [-0.05, 0) is 18.1 Å². The molecule has 3 nitrogen and oxygen atoms in total. The molecule has 16 heavy (non-hydrogen) atoms. The van der Waals surface area contributed by atoms with E-state index >= 15 is 0 Å². The lowest BCUT2D eigenvalue weighted by molar-refractivity contribution is 0.0172. The molecule has 0 spiro atoms. The van der Waals surface area contributed by atoms with Gasteiger partial charge in [0.1, 0.15) is 11.9 Å². The molecule has 0 heterocycles. The SMILES string of the molecule is OCc1ccc(C(O)C(O)CCBr)cc1F. The van der Waals surface area contributed by atoms with E-state index in [1.54, 1.807) is 0 Å². The van der Waals surface area contributed by atoms with Crippen molar-refractivity contribution in [3.63, 3.8) is 0 Å². The Morgan fingerprint density at radius 1 is 1.31 bits per heavy atom. The van der Waals surface area contributed by atoms with Gasteiger partial charge in [-0.1, -0.05) is 28.1 Å². The van der Waals surface area contributed by atoms with Crippen molar-refractivity contribution in [3.05, 3.63) is 35.1 Å². The summed E-state index contributed by atoms with van der Waals surface area (Å²) in [6, 6.07) is 4.03. The first-order valence-corrected chi connectivity index (χ1v) is 6.03. The minimum absolute atomic E-state index is 0.172. The molecular formula is C11H14BrFO3. The van der Waals surface area contributed by atoms with Crippen LogP contribution in [-0.2, 0) is 6.61 Å². The van der Waals surface area contributed by atoms with Crippen molar-refractivity contribution in [1.82, 2.24) is 0 Å². The lowest BCUT2D eigenvalue weighted by atomic mass is 10.0. The zero-order chi connectivity index (χ0) is 12.1. The largest absolute Gasteiger partial charge is 0.392 e. The standard InChI is InChI=1S/C11H14BrFO3/c12-4-3-10(15)11(16)7-1-2-8(6-14)9(13)5-7/h1-2,5,10-11,14-16H,3-4,6H2. The van der Waals surface area contributed by atoms with E-state index in [2.05, 4.69) is 15.9 Å². The van der Waals surface area contributed by atoms with E-state index in [0.29, 0.717) is 17.3 Å². The van der Waals surface area contributed by atoms with E-state index in [1.807, 2.05) is 0 Å². The van der Waals surface area contributed by atoms with Crippen molar-refractivity contribution >= 4 is 15.9 Å². The summed E-state index contributed by atoms with van der Waals surface area (Å²) >= 11 is 3.15. The van der Waals surface area contributed by atoms with Crippen LogP contribution in [0.4, 0.5) is 4.39 Å². The lowest BCUT2D eigenvalue weighted by Gasteiger charge is -2.17. The highest BCUT2D eigenvalue weighted by molar-refractivity contribution is 9.09. The van der Waals surface area contributed by atoms with Crippen LogP contribution < -0.4 is 0 Å². The molecular weight excluding hydrogens is 279 g/mol. The van der Waals surface area contributed by atoms with Crippen molar-refractivity contribution in [1.29, 1.82) is 0 Å². The Hall–Kier alpha value is -0.490. The smallest absolute Gasteiger partial charge is 0.129 e. The highest BCUT2D eigenvalue weighted by Gasteiger charge is 2.18. The van der Waals surface area contributed by atoms with Gasteiger partial charge in [-0.25, -0.2) is 4.39 Å². The second-order valence-electron chi connectivity index (χ2n) is 3.50. The molecule has 1 aromatic carbocycles. The molecule has 0 amide bonds. The molecule has 0 bridgehead atoms.